The van der Waals surface area contributed by atoms with Crippen LogP contribution in [0.4, 0.5) is 0 Å². The first kappa shape index (κ1) is 24.3. The average Bonchev–Trinajstić information content (AvgIpc) is 2.62. The van der Waals surface area contributed by atoms with E-state index in [1.807, 2.05) is 0 Å². The van der Waals surface area contributed by atoms with E-state index in [9.17, 15) is 14.7 Å². The Balaban J connectivity index is 3.84. The lowest BCUT2D eigenvalue weighted by Gasteiger charge is -2.25. The molecule has 0 bridgehead atoms. The zero-order valence-electron chi connectivity index (χ0n) is 15.8. The highest BCUT2D eigenvalue weighted by Gasteiger charge is 2.34. The molecule has 0 amide bonds. The molecule has 0 radical (unpaired) electrons. The van der Waals surface area contributed by atoms with Gasteiger partial charge in [0.25, 0.3) is 0 Å². The second kappa shape index (κ2) is 15.6. The van der Waals surface area contributed by atoms with E-state index in [2.05, 4.69) is 13.2 Å². The number of carbonyl (C=O) groups is 2. The van der Waals surface area contributed by atoms with Crippen molar-refractivity contribution >= 4 is 11.9 Å². The SMILES string of the molecule is C=CC(=O)OC(O)(CCCCCCCCCCCCCO)OC(=O)C=C. The Bertz CT molecular complexity index is 397. The van der Waals surface area contributed by atoms with Gasteiger partial charge in [-0.05, 0) is 12.8 Å². The third-order valence-electron chi connectivity index (χ3n) is 4.00. The number of hydrogen-bond donors (Lipinski definition) is 2. The molecule has 26 heavy (non-hydrogen) atoms. The summed E-state index contributed by atoms with van der Waals surface area (Å²) in [5.74, 6) is -3.99. The van der Waals surface area contributed by atoms with Gasteiger partial charge in [0.1, 0.15) is 0 Å². The zero-order chi connectivity index (χ0) is 19.7. The van der Waals surface area contributed by atoms with Gasteiger partial charge in [0.05, 0.1) is 6.42 Å². The van der Waals surface area contributed by atoms with E-state index in [0.717, 1.165) is 44.3 Å². The molecule has 6 nitrogen and oxygen atoms in total. The van der Waals surface area contributed by atoms with Crippen molar-refractivity contribution in [1.82, 2.24) is 0 Å². The third-order valence-corrected chi connectivity index (χ3v) is 4.00. The van der Waals surface area contributed by atoms with Crippen LogP contribution in [0.3, 0.4) is 0 Å². The Hall–Kier alpha value is -1.66. The molecular formula is C20H34O6. The molecule has 0 spiro atoms. The number of hydrogen-bond acceptors (Lipinski definition) is 6. The molecule has 2 N–H and O–H groups in total. The Morgan fingerprint density at radius 2 is 1.08 bits per heavy atom. The first-order chi connectivity index (χ1) is 12.5. The summed E-state index contributed by atoms with van der Waals surface area (Å²) in [6.07, 6.45) is 13.3. The van der Waals surface area contributed by atoms with Gasteiger partial charge in [-0.2, -0.15) is 0 Å². The van der Waals surface area contributed by atoms with E-state index in [0.29, 0.717) is 6.42 Å². The van der Waals surface area contributed by atoms with Gasteiger partial charge in [0, 0.05) is 18.8 Å². The number of rotatable bonds is 17. The van der Waals surface area contributed by atoms with Gasteiger partial charge in [0.15, 0.2) is 0 Å². The van der Waals surface area contributed by atoms with Crippen molar-refractivity contribution in [3.8, 4) is 0 Å². The molecule has 0 fully saturated rings. The molecule has 0 heterocycles. The van der Waals surface area contributed by atoms with E-state index in [1.54, 1.807) is 0 Å². The van der Waals surface area contributed by atoms with Crippen molar-refractivity contribution < 1.29 is 29.3 Å². The number of ether oxygens (including phenoxy) is 2. The lowest BCUT2D eigenvalue weighted by Crippen LogP contribution is -2.39. The highest BCUT2D eigenvalue weighted by Crippen LogP contribution is 2.21. The van der Waals surface area contributed by atoms with Crippen LogP contribution in [0, 0.1) is 0 Å². The summed E-state index contributed by atoms with van der Waals surface area (Å²) >= 11 is 0. The van der Waals surface area contributed by atoms with Gasteiger partial charge in [-0.3, -0.25) is 0 Å². The summed E-state index contributed by atoms with van der Waals surface area (Å²) in [4.78, 5) is 22.6. The Morgan fingerprint density at radius 1 is 0.731 bits per heavy atom. The van der Waals surface area contributed by atoms with Gasteiger partial charge in [-0.25, -0.2) is 9.59 Å². The highest BCUT2D eigenvalue weighted by molar-refractivity contribution is 5.83. The van der Waals surface area contributed by atoms with Crippen LogP contribution in [0.2, 0.25) is 0 Å². The molecule has 0 rings (SSSR count). The van der Waals surface area contributed by atoms with E-state index in [-0.39, 0.29) is 13.0 Å². The zero-order valence-corrected chi connectivity index (χ0v) is 15.8. The highest BCUT2D eigenvalue weighted by atomic mass is 16.8. The second-order valence-electron chi connectivity index (χ2n) is 6.33. The van der Waals surface area contributed by atoms with Crippen molar-refractivity contribution in [2.75, 3.05) is 6.61 Å². The van der Waals surface area contributed by atoms with Crippen molar-refractivity contribution in [2.45, 2.75) is 83.0 Å². The lowest BCUT2D eigenvalue weighted by molar-refractivity contribution is -0.324. The van der Waals surface area contributed by atoms with Crippen LogP contribution in [0.15, 0.2) is 25.3 Å². The molecule has 0 aromatic carbocycles. The van der Waals surface area contributed by atoms with Gasteiger partial charge >= 0.3 is 17.9 Å². The quantitative estimate of drug-likeness (QED) is 0.175. The first-order valence-electron chi connectivity index (χ1n) is 9.51. The number of aliphatic hydroxyl groups is 2. The normalized spacial score (nSPS) is 11.0. The summed E-state index contributed by atoms with van der Waals surface area (Å²) in [6.45, 7) is 6.79. The van der Waals surface area contributed by atoms with Crippen molar-refractivity contribution in [1.29, 1.82) is 0 Å². The Labute approximate surface area is 156 Å². The van der Waals surface area contributed by atoms with E-state index in [1.165, 1.54) is 32.1 Å². The standard InChI is InChI=1S/C20H34O6/c1-3-18(22)25-20(24,26-19(23)4-2)16-14-12-10-8-6-5-7-9-11-13-15-17-21/h3-4,21,24H,1-2,5-17H2. The van der Waals surface area contributed by atoms with Crippen LogP contribution in [-0.2, 0) is 19.1 Å². The van der Waals surface area contributed by atoms with Crippen LogP contribution in [0.25, 0.3) is 0 Å². The maximum absolute atomic E-state index is 11.3. The molecule has 6 heteroatoms. The van der Waals surface area contributed by atoms with Crippen molar-refractivity contribution in [2.24, 2.45) is 0 Å². The molecule has 0 unspecified atom stereocenters. The van der Waals surface area contributed by atoms with E-state index >= 15 is 0 Å². The average molecular weight is 370 g/mol. The summed E-state index contributed by atoms with van der Waals surface area (Å²) in [7, 11) is 0. The van der Waals surface area contributed by atoms with Crippen LogP contribution >= 0.6 is 0 Å². The number of carbonyl (C=O) groups excluding carboxylic acids is 2. The van der Waals surface area contributed by atoms with E-state index in [4.69, 9.17) is 14.6 Å². The number of esters is 2. The fraction of sp³-hybridized carbons (Fsp3) is 0.700. The number of unbranched alkanes of at least 4 members (excludes halogenated alkanes) is 10. The molecule has 0 aliphatic carbocycles. The van der Waals surface area contributed by atoms with Gasteiger partial charge in [-0.1, -0.05) is 70.9 Å². The molecule has 0 aliphatic rings. The fourth-order valence-electron chi connectivity index (χ4n) is 2.57. The summed E-state index contributed by atoms with van der Waals surface area (Å²) in [6, 6.07) is 0. The molecule has 150 valence electrons. The monoisotopic (exact) mass is 370 g/mol. The molecular weight excluding hydrogens is 336 g/mol. The van der Waals surface area contributed by atoms with Crippen LogP contribution < -0.4 is 0 Å². The van der Waals surface area contributed by atoms with Crippen molar-refractivity contribution in [3.05, 3.63) is 25.3 Å². The molecule has 0 saturated carbocycles. The molecule has 0 atom stereocenters. The van der Waals surface area contributed by atoms with Crippen LogP contribution in [0.5, 0.6) is 0 Å². The van der Waals surface area contributed by atoms with Crippen molar-refractivity contribution in [3.63, 3.8) is 0 Å². The minimum absolute atomic E-state index is 0.0109. The maximum atomic E-state index is 11.3. The van der Waals surface area contributed by atoms with Gasteiger partial charge < -0.3 is 19.7 Å². The predicted molar refractivity (Wildman–Crippen MR) is 100 cm³/mol. The summed E-state index contributed by atoms with van der Waals surface area (Å²) in [5.41, 5.74) is 0. The van der Waals surface area contributed by atoms with E-state index < -0.39 is 17.9 Å². The number of aliphatic hydroxyl groups excluding tert-OH is 1. The van der Waals surface area contributed by atoms with Gasteiger partial charge in [-0.15, -0.1) is 0 Å². The minimum Gasteiger partial charge on any atom is -0.396 e. The lowest BCUT2D eigenvalue weighted by atomic mass is 10.0. The third kappa shape index (κ3) is 13.6. The Morgan fingerprint density at radius 3 is 1.42 bits per heavy atom. The Kier molecular flexibility index (Phi) is 14.6. The topological polar surface area (TPSA) is 93.1 Å². The van der Waals surface area contributed by atoms with Gasteiger partial charge in [0.2, 0.25) is 0 Å². The fourth-order valence-corrected chi connectivity index (χ4v) is 2.57. The predicted octanol–water partition coefficient (Wildman–Crippen LogP) is 3.76. The summed E-state index contributed by atoms with van der Waals surface area (Å²) < 4.78 is 9.50. The largest absolute Gasteiger partial charge is 0.396 e. The summed E-state index contributed by atoms with van der Waals surface area (Å²) in [5, 5.41) is 18.9. The first-order valence-corrected chi connectivity index (χ1v) is 9.51. The molecule has 0 aromatic heterocycles. The maximum Gasteiger partial charge on any atom is 0.373 e. The molecule has 0 saturated heterocycles. The van der Waals surface area contributed by atoms with Crippen LogP contribution in [-0.4, -0.2) is 34.7 Å². The molecule has 0 aliphatic heterocycles. The second-order valence-corrected chi connectivity index (χ2v) is 6.33. The minimum atomic E-state index is -2.27. The smallest absolute Gasteiger partial charge is 0.373 e. The molecule has 0 aromatic rings. The van der Waals surface area contributed by atoms with Crippen LogP contribution in [0.1, 0.15) is 77.0 Å².